The minimum Gasteiger partial charge on any atom is -0.490 e. The third-order valence-electron chi connectivity index (χ3n) is 4.12. The molecule has 0 bridgehead atoms. The van der Waals surface area contributed by atoms with Gasteiger partial charge in [0.05, 0.1) is 22.1 Å². The lowest BCUT2D eigenvalue weighted by atomic mass is 10.2. The summed E-state index contributed by atoms with van der Waals surface area (Å²) < 4.78 is 29.2. The van der Waals surface area contributed by atoms with E-state index in [1.54, 1.807) is 19.9 Å². The summed E-state index contributed by atoms with van der Waals surface area (Å²) >= 11 is 6.06. The molecule has 1 aliphatic heterocycles. The zero-order valence-corrected chi connectivity index (χ0v) is 16.5. The predicted molar refractivity (Wildman–Crippen MR) is 102 cm³/mol. The van der Waals surface area contributed by atoms with Crippen LogP contribution < -0.4 is 10.1 Å². The Morgan fingerprint density at radius 3 is 2.76 bits per heavy atom. The van der Waals surface area contributed by atoms with Crippen molar-refractivity contribution in [2.24, 2.45) is 4.99 Å². The van der Waals surface area contributed by atoms with E-state index in [-0.39, 0.29) is 5.75 Å². The molecule has 0 amide bonds. The van der Waals surface area contributed by atoms with Gasteiger partial charge in [-0.05, 0) is 32.9 Å². The quantitative estimate of drug-likeness (QED) is 0.476. The van der Waals surface area contributed by atoms with E-state index in [0.29, 0.717) is 49.5 Å². The molecule has 140 valence electrons. The Hall–Kier alpha value is -1.47. The number of aliphatic imine (C=N–C) groups is 1. The van der Waals surface area contributed by atoms with Crippen LogP contribution in [0.5, 0.6) is 5.75 Å². The molecule has 0 spiro atoms. The van der Waals surface area contributed by atoms with Crippen LogP contribution in [0.3, 0.4) is 0 Å². The van der Waals surface area contributed by atoms with Gasteiger partial charge < -0.3 is 15.0 Å². The van der Waals surface area contributed by atoms with Gasteiger partial charge in [-0.3, -0.25) is 0 Å². The second kappa shape index (κ2) is 8.27. The molecule has 0 unspecified atom stereocenters. The minimum atomic E-state index is -3.07. The monoisotopic (exact) mass is 387 g/mol. The van der Waals surface area contributed by atoms with Gasteiger partial charge in [0, 0.05) is 19.6 Å². The van der Waals surface area contributed by atoms with E-state index in [9.17, 15) is 8.42 Å². The summed E-state index contributed by atoms with van der Waals surface area (Å²) in [6.45, 7) is 7.95. The number of ether oxygens (including phenoxy) is 1. The highest BCUT2D eigenvalue weighted by Crippen LogP contribution is 2.24. The van der Waals surface area contributed by atoms with Crippen molar-refractivity contribution in [2.45, 2.75) is 25.5 Å². The summed E-state index contributed by atoms with van der Waals surface area (Å²) in [5.74, 6) is 1.49. The van der Waals surface area contributed by atoms with Gasteiger partial charge in [-0.15, -0.1) is 0 Å². The highest BCUT2D eigenvalue weighted by atomic mass is 35.5. The summed E-state index contributed by atoms with van der Waals surface area (Å²) in [5.41, 5.74) is 0. The maximum absolute atomic E-state index is 12.2. The molecule has 1 aromatic rings. The molecule has 8 heteroatoms. The number of hydrogen-bond donors (Lipinski definition) is 1. The lowest BCUT2D eigenvalue weighted by Gasteiger charge is -2.39. The van der Waals surface area contributed by atoms with Crippen LogP contribution in [0.25, 0.3) is 0 Å². The van der Waals surface area contributed by atoms with E-state index < -0.39 is 14.6 Å². The number of benzene rings is 1. The van der Waals surface area contributed by atoms with Gasteiger partial charge in [-0.2, -0.15) is 0 Å². The molecule has 1 saturated heterocycles. The van der Waals surface area contributed by atoms with Crippen molar-refractivity contribution < 1.29 is 13.2 Å². The summed E-state index contributed by atoms with van der Waals surface area (Å²) in [7, 11) is -3.07. The highest BCUT2D eigenvalue weighted by Gasteiger charge is 2.40. The van der Waals surface area contributed by atoms with Crippen LogP contribution in [-0.2, 0) is 9.84 Å². The Kier molecular flexibility index (Phi) is 6.57. The average molecular weight is 388 g/mol. The lowest BCUT2D eigenvalue weighted by Crippen LogP contribution is -2.57. The number of nitrogens with zero attached hydrogens (tertiary/aromatic N) is 2. The predicted octanol–water partition coefficient (Wildman–Crippen LogP) is 2.19. The van der Waals surface area contributed by atoms with Crippen LogP contribution in [0.15, 0.2) is 29.3 Å². The molecule has 0 aliphatic carbocycles. The zero-order valence-electron chi connectivity index (χ0n) is 15.0. The minimum absolute atomic E-state index is 0.139. The van der Waals surface area contributed by atoms with Crippen molar-refractivity contribution in [3.05, 3.63) is 29.3 Å². The maximum Gasteiger partial charge on any atom is 0.194 e. The van der Waals surface area contributed by atoms with E-state index in [0.717, 1.165) is 0 Å². The number of para-hydroxylation sites is 1. The zero-order chi connectivity index (χ0) is 18.5. The Bertz CT molecular complexity index is 720. The largest absolute Gasteiger partial charge is 0.490 e. The topological polar surface area (TPSA) is 71.0 Å². The molecular formula is C17H26ClN3O3S. The van der Waals surface area contributed by atoms with Crippen molar-refractivity contribution in [3.8, 4) is 5.75 Å². The molecule has 1 aliphatic rings. The van der Waals surface area contributed by atoms with Crippen LogP contribution in [0.1, 0.15) is 20.8 Å². The van der Waals surface area contributed by atoms with Crippen molar-refractivity contribution in [3.63, 3.8) is 0 Å². The Morgan fingerprint density at radius 2 is 2.12 bits per heavy atom. The van der Waals surface area contributed by atoms with E-state index in [2.05, 4.69) is 10.3 Å². The molecule has 0 radical (unpaired) electrons. The van der Waals surface area contributed by atoms with Crippen LogP contribution >= 0.6 is 11.6 Å². The summed E-state index contributed by atoms with van der Waals surface area (Å²) in [5, 5.41) is 3.80. The van der Waals surface area contributed by atoms with Gasteiger partial charge in [-0.25, -0.2) is 13.4 Å². The second-order valence-electron chi connectivity index (χ2n) is 6.51. The molecule has 0 aromatic heterocycles. The van der Waals surface area contributed by atoms with E-state index >= 15 is 0 Å². The lowest BCUT2D eigenvalue weighted by molar-refractivity contribution is 0.324. The molecule has 0 atom stereocenters. The Balaban J connectivity index is 1.98. The molecular weight excluding hydrogens is 362 g/mol. The first-order valence-electron chi connectivity index (χ1n) is 8.40. The average Bonchev–Trinajstić information content (AvgIpc) is 2.54. The molecule has 6 nitrogen and oxygen atoms in total. The van der Waals surface area contributed by atoms with E-state index in [1.807, 2.05) is 30.0 Å². The fourth-order valence-electron chi connectivity index (χ4n) is 2.62. The van der Waals surface area contributed by atoms with Crippen LogP contribution in [-0.4, -0.2) is 62.6 Å². The molecule has 1 aromatic carbocycles. The summed E-state index contributed by atoms with van der Waals surface area (Å²) in [6, 6.07) is 7.31. The van der Waals surface area contributed by atoms with Gasteiger partial charge in [0.2, 0.25) is 0 Å². The molecule has 2 rings (SSSR count). The number of nitrogens with one attached hydrogen (secondary N) is 1. The molecule has 0 saturated carbocycles. The molecule has 1 heterocycles. The van der Waals surface area contributed by atoms with Gasteiger partial charge in [-0.1, -0.05) is 23.7 Å². The Morgan fingerprint density at radius 1 is 1.40 bits per heavy atom. The van der Waals surface area contributed by atoms with Gasteiger partial charge in [0.1, 0.15) is 12.4 Å². The van der Waals surface area contributed by atoms with Crippen LogP contribution in [0, 0.1) is 0 Å². The number of halogens is 1. The van der Waals surface area contributed by atoms with Crippen LogP contribution in [0.4, 0.5) is 0 Å². The first-order valence-corrected chi connectivity index (χ1v) is 10.4. The smallest absolute Gasteiger partial charge is 0.194 e. The van der Waals surface area contributed by atoms with Crippen molar-refractivity contribution in [1.29, 1.82) is 0 Å². The maximum atomic E-state index is 12.2. The van der Waals surface area contributed by atoms with Gasteiger partial charge >= 0.3 is 0 Å². The fourth-order valence-corrected chi connectivity index (χ4v) is 4.18. The normalized spacial score (nSPS) is 19.5. The third-order valence-corrected chi connectivity index (χ3v) is 6.97. The summed E-state index contributed by atoms with van der Waals surface area (Å²) in [4.78, 5) is 6.56. The van der Waals surface area contributed by atoms with E-state index in [1.165, 1.54) is 0 Å². The second-order valence-corrected chi connectivity index (χ2v) is 9.66. The first-order chi connectivity index (χ1) is 11.8. The standard InChI is InChI=1S/C17H26ClN3O3S/c1-4-19-16(21-10-12-25(22,23)17(2,3)13-21)20-9-11-24-15-8-6-5-7-14(15)18/h5-8H,4,9-13H2,1-3H3,(H,19,20). The van der Waals surface area contributed by atoms with E-state index in [4.69, 9.17) is 16.3 Å². The fraction of sp³-hybridized carbons (Fsp3) is 0.588. The Labute approximate surface area is 155 Å². The van der Waals surface area contributed by atoms with Gasteiger partial charge in [0.25, 0.3) is 0 Å². The highest BCUT2D eigenvalue weighted by molar-refractivity contribution is 7.92. The number of rotatable bonds is 5. The SMILES string of the molecule is CCNC(=NCCOc1ccccc1Cl)N1CCS(=O)(=O)C(C)(C)C1. The number of guanidine groups is 1. The van der Waals surface area contributed by atoms with Crippen LogP contribution in [0.2, 0.25) is 5.02 Å². The summed E-state index contributed by atoms with van der Waals surface area (Å²) in [6.07, 6.45) is 0. The molecule has 25 heavy (non-hydrogen) atoms. The number of hydrogen-bond acceptors (Lipinski definition) is 4. The van der Waals surface area contributed by atoms with Gasteiger partial charge in [0.15, 0.2) is 15.8 Å². The van der Waals surface area contributed by atoms with Crippen molar-refractivity contribution in [2.75, 3.05) is 38.5 Å². The van der Waals surface area contributed by atoms with Crippen molar-refractivity contribution in [1.82, 2.24) is 10.2 Å². The number of sulfone groups is 1. The molecule has 1 fully saturated rings. The first kappa shape index (κ1) is 19.8. The third kappa shape index (κ3) is 5.01. The molecule has 1 N–H and O–H groups in total. The van der Waals surface area contributed by atoms with Crippen molar-refractivity contribution >= 4 is 27.4 Å².